The Morgan fingerprint density at radius 3 is 2.43 bits per heavy atom. The van der Waals surface area contributed by atoms with E-state index in [1.54, 1.807) is 0 Å². The van der Waals surface area contributed by atoms with Crippen LogP contribution >= 0.6 is 0 Å². The predicted octanol–water partition coefficient (Wildman–Crippen LogP) is 3.80. The first kappa shape index (κ1) is 19.9. The molecule has 1 aliphatic rings. The molecule has 3 rings (SSSR count). The molecular formula is C23H28N2O3. The highest BCUT2D eigenvalue weighted by atomic mass is 16.5. The molecule has 1 heterocycles. The zero-order valence-electron chi connectivity index (χ0n) is 16.8. The number of benzene rings is 2. The van der Waals surface area contributed by atoms with Crippen LogP contribution in [0.4, 0.5) is 0 Å². The lowest BCUT2D eigenvalue weighted by atomic mass is 10.0. The van der Waals surface area contributed by atoms with Crippen molar-refractivity contribution in [2.75, 3.05) is 19.7 Å². The molecule has 0 radical (unpaired) electrons. The van der Waals surface area contributed by atoms with Crippen molar-refractivity contribution in [3.63, 3.8) is 0 Å². The summed E-state index contributed by atoms with van der Waals surface area (Å²) in [5, 5.41) is 2.78. The first-order valence-corrected chi connectivity index (χ1v) is 9.86. The van der Waals surface area contributed by atoms with Crippen molar-refractivity contribution in [3.8, 4) is 5.75 Å². The Morgan fingerprint density at radius 1 is 1.11 bits per heavy atom. The number of rotatable bonds is 6. The van der Waals surface area contributed by atoms with Crippen molar-refractivity contribution in [2.45, 2.75) is 39.7 Å². The van der Waals surface area contributed by atoms with Gasteiger partial charge in [0.2, 0.25) is 5.91 Å². The van der Waals surface area contributed by atoms with Crippen molar-refractivity contribution >= 4 is 11.8 Å². The number of amides is 2. The SMILES string of the molecule is CCOc1ccc([C@@H]2CCCN2C(=O)CNC(=O)c2cc(C)cc(C)c2)cc1. The maximum Gasteiger partial charge on any atom is 0.251 e. The van der Waals surface area contributed by atoms with Crippen molar-refractivity contribution in [1.29, 1.82) is 0 Å². The van der Waals surface area contributed by atoms with Crippen molar-refractivity contribution in [1.82, 2.24) is 10.2 Å². The lowest BCUT2D eigenvalue weighted by molar-refractivity contribution is -0.131. The summed E-state index contributed by atoms with van der Waals surface area (Å²) in [4.78, 5) is 27.1. The van der Waals surface area contributed by atoms with E-state index in [1.807, 2.05) is 68.1 Å². The van der Waals surface area contributed by atoms with Crippen LogP contribution in [0, 0.1) is 13.8 Å². The number of hydrogen-bond donors (Lipinski definition) is 1. The van der Waals surface area contributed by atoms with Gasteiger partial charge in [-0.3, -0.25) is 9.59 Å². The highest BCUT2D eigenvalue weighted by Crippen LogP contribution is 2.32. The highest BCUT2D eigenvalue weighted by molar-refractivity contribution is 5.96. The van der Waals surface area contributed by atoms with Crippen LogP contribution in [0.1, 0.15) is 52.9 Å². The fourth-order valence-corrected chi connectivity index (χ4v) is 3.83. The molecule has 0 aromatic heterocycles. The first-order valence-electron chi connectivity index (χ1n) is 9.86. The summed E-state index contributed by atoms with van der Waals surface area (Å²) < 4.78 is 5.49. The molecule has 0 bridgehead atoms. The second kappa shape index (κ2) is 8.91. The molecule has 1 fully saturated rings. The normalized spacial score (nSPS) is 16.1. The molecule has 0 aliphatic carbocycles. The molecule has 1 saturated heterocycles. The van der Waals surface area contributed by atoms with Gasteiger partial charge in [-0.1, -0.05) is 29.3 Å². The summed E-state index contributed by atoms with van der Waals surface area (Å²) in [5.41, 5.74) is 3.77. The minimum Gasteiger partial charge on any atom is -0.494 e. The monoisotopic (exact) mass is 380 g/mol. The summed E-state index contributed by atoms with van der Waals surface area (Å²) in [6, 6.07) is 13.7. The standard InChI is InChI=1S/C23H28N2O3/c1-4-28-20-9-7-18(8-10-20)21-6-5-11-25(21)22(26)15-24-23(27)19-13-16(2)12-17(3)14-19/h7-10,12-14,21H,4-6,11,15H2,1-3H3,(H,24,27)/t21-/m0/s1. The van der Waals surface area contributed by atoms with Gasteiger partial charge >= 0.3 is 0 Å². The van der Waals surface area contributed by atoms with Gasteiger partial charge in [-0.25, -0.2) is 0 Å². The van der Waals surface area contributed by atoms with E-state index < -0.39 is 0 Å². The van der Waals surface area contributed by atoms with Gasteiger partial charge in [-0.2, -0.15) is 0 Å². The number of carbonyl (C=O) groups is 2. The van der Waals surface area contributed by atoms with Crippen LogP contribution in [0.5, 0.6) is 5.75 Å². The van der Waals surface area contributed by atoms with Gasteiger partial charge in [-0.05, 0) is 63.4 Å². The highest BCUT2D eigenvalue weighted by Gasteiger charge is 2.29. The Morgan fingerprint density at radius 2 is 1.79 bits per heavy atom. The number of carbonyl (C=O) groups excluding carboxylic acids is 2. The minimum atomic E-state index is -0.211. The van der Waals surface area contributed by atoms with E-state index in [4.69, 9.17) is 4.74 Å². The maximum atomic E-state index is 12.8. The Bertz CT molecular complexity index is 825. The van der Waals surface area contributed by atoms with E-state index in [2.05, 4.69) is 5.32 Å². The molecule has 1 atom stereocenters. The molecule has 1 N–H and O–H groups in total. The van der Waals surface area contributed by atoms with Crippen LogP contribution in [0.25, 0.3) is 0 Å². The molecule has 0 spiro atoms. The Labute approximate surface area is 166 Å². The maximum absolute atomic E-state index is 12.8. The van der Waals surface area contributed by atoms with E-state index in [9.17, 15) is 9.59 Å². The lowest BCUT2D eigenvalue weighted by Crippen LogP contribution is -2.39. The fourth-order valence-electron chi connectivity index (χ4n) is 3.83. The van der Waals surface area contributed by atoms with Crippen molar-refractivity contribution in [3.05, 3.63) is 64.7 Å². The molecule has 2 amide bonds. The molecule has 5 nitrogen and oxygen atoms in total. The number of hydrogen-bond acceptors (Lipinski definition) is 3. The Kier molecular flexibility index (Phi) is 6.34. The van der Waals surface area contributed by atoms with Crippen LogP contribution in [0.2, 0.25) is 0 Å². The molecule has 0 saturated carbocycles. The molecule has 1 aliphatic heterocycles. The van der Waals surface area contributed by atoms with E-state index in [-0.39, 0.29) is 24.4 Å². The Hall–Kier alpha value is -2.82. The molecular weight excluding hydrogens is 352 g/mol. The average molecular weight is 380 g/mol. The zero-order chi connectivity index (χ0) is 20.1. The van der Waals surface area contributed by atoms with Crippen LogP contribution in [0.15, 0.2) is 42.5 Å². The van der Waals surface area contributed by atoms with Crippen molar-refractivity contribution < 1.29 is 14.3 Å². The van der Waals surface area contributed by atoms with Gasteiger partial charge in [0.05, 0.1) is 19.2 Å². The van der Waals surface area contributed by atoms with Crippen LogP contribution in [-0.2, 0) is 4.79 Å². The van der Waals surface area contributed by atoms with Crippen LogP contribution in [-0.4, -0.2) is 36.4 Å². The number of likely N-dealkylation sites (tertiary alicyclic amines) is 1. The number of nitrogens with zero attached hydrogens (tertiary/aromatic N) is 1. The Balaban J connectivity index is 1.62. The summed E-state index contributed by atoms with van der Waals surface area (Å²) >= 11 is 0. The van der Waals surface area contributed by atoms with Gasteiger partial charge in [0, 0.05) is 12.1 Å². The summed E-state index contributed by atoms with van der Waals surface area (Å²) in [6.45, 7) is 7.24. The van der Waals surface area contributed by atoms with E-state index >= 15 is 0 Å². The summed E-state index contributed by atoms with van der Waals surface area (Å²) in [5.74, 6) is 0.578. The van der Waals surface area contributed by atoms with Gasteiger partial charge < -0.3 is 15.0 Å². The second-order valence-corrected chi connectivity index (χ2v) is 7.31. The third kappa shape index (κ3) is 4.71. The quantitative estimate of drug-likeness (QED) is 0.829. The average Bonchev–Trinajstić information content (AvgIpc) is 3.16. The smallest absolute Gasteiger partial charge is 0.251 e. The summed E-state index contributed by atoms with van der Waals surface area (Å²) in [7, 11) is 0. The van der Waals surface area contributed by atoms with Gasteiger partial charge in [0.25, 0.3) is 5.91 Å². The fraction of sp³-hybridized carbons (Fsp3) is 0.391. The van der Waals surface area contributed by atoms with Crippen LogP contribution in [0.3, 0.4) is 0 Å². The lowest BCUT2D eigenvalue weighted by Gasteiger charge is -2.25. The van der Waals surface area contributed by atoms with Gasteiger partial charge in [0.1, 0.15) is 5.75 Å². The largest absolute Gasteiger partial charge is 0.494 e. The molecule has 5 heteroatoms. The van der Waals surface area contributed by atoms with Gasteiger partial charge in [0.15, 0.2) is 0 Å². The van der Waals surface area contributed by atoms with Crippen LogP contribution < -0.4 is 10.1 Å². The molecule has 28 heavy (non-hydrogen) atoms. The molecule has 2 aromatic rings. The third-order valence-corrected chi connectivity index (χ3v) is 5.03. The number of aryl methyl sites for hydroxylation is 2. The molecule has 2 aromatic carbocycles. The topological polar surface area (TPSA) is 58.6 Å². The van der Waals surface area contributed by atoms with E-state index in [1.165, 1.54) is 0 Å². The third-order valence-electron chi connectivity index (χ3n) is 5.03. The van der Waals surface area contributed by atoms with E-state index in [0.29, 0.717) is 12.2 Å². The van der Waals surface area contributed by atoms with E-state index in [0.717, 1.165) is 41.8 Å². The zero-order valence-corrected chi connectivity index (χ0v) is 16.8. The second-order valence-electron chi connectivity index (χ2n) is 7.31. The van der Waals surface area contributed by atoms with Gasteiger partial charge in [-0.15, -0.1) is 0 Å². The first-order chi connectivity index (χ1) is 13.5. The van der Waals surface area contributed by atoms with Crippen molar-refractivity contribution in [2.24, 2.45) is 0 Å². The molecule has 148 valence electrons. The summed E-state index contributed by atoms with van der Waals surface area (Å²) in [6.07, 6.45) is 1.90. The minimum absolute atomic E-state index is 0.0132. The predicted molar refractivity (Wildman–Crippen MR) is 110 cm³/mol. The number of nitrogens with one attached hydrogen (secondary N) is 1. The number of ether oxygens (including phenoxy) is 1. The molecule has 0 unspecified atom stereocenters.